The van der Waals surface area contributed by atoms with E-state index in [4.69, 9.17) is 21.1 Å². The number of hydrogen-bond acceptors (Lipinski definition) is 3. The Bertz CT molecular complexity index is 896. The number of pyridine rings is 1. The molecule has 1 aliphatic heterocycles. The van der Waals surface area contributed by atoms with Gasteiger partial charge in [-0.05, 0) is 36.5 Å². The summed E-state index contributed by atoms with van der Waals surface area (Å²) in [6.07, 6.45) is 3.67. The molecule has 29 heavy (non-hydrogen) atoms. The minimum atomic E-state index is 0.0487. The Morgan fingerprint density at radius 1 is 1.17 bits per heavy atom. The molecule has 2 heterocycles. The quantitative estimate of drug-likeness (QED) is 0.553. The van der Waals surface area contributed by atoms with Crippen LogP contribution in [0.25, 0.3) is 11.3 Å². The van der Waals surface area contributed by atoms with Crippen LogP contribution in [-0.2, 0) is 11.2 Å². The molecule has 0 bridgehead atoms. The standard InChI is InChI=1S/C22H28ClNO3.C2H6/c1-14-13-24-18(12-19(14)25)16-11-17(23)20(27-8-6-7-26-5)9-15(16)10-21(24)22(2,3)4;1-2/h9,11-13,21H,6-8,10H2,1-5H3;1-2H3. The van der Waals surface area contributed by atoms with Crippen molar-refractivity contribution in [3.8, 4) is 17.0 Å². The van der Waals surface area contributed by atoms with Gasteiger partial charge in [-0.1, -0.05) is 46.2 Å². The van der Waals surface area contributed by atoms with Gasteiger partial charge in [0.1, 0.15) is 5.75 Å². The Kier molecular flexibility index (Phi) is 7.95. The van der Waals surface area contributed by atoms with Crippen molar-refractivity contribution in [1.82, 2.24) is 4.57 Å². The van der Waals surface area contributed by atoms with E-state index in [1.807, 2.05) is 39.1 Å². The molecule has 0 saturated carbocycles. The van der Waals surface area contributed by atoms with Crippen LogP contribution in [0.2, 0.25) is 5.02 Å². The number of benzene rings is 1. The molecule has 5 heteroatoms. The summed E-state index contributed by atoms with van der Waals surface area (Å²) < 4.78 is 13.2. The molecule has 3 rings (SSSR count). The first-order chi connectivity index (χ1) is 13.7. The number of halogens is 1. The van der Waals surface area contributed by atoms with Gasteiger partial charge in [0, 0.05) is 49.6 Å². The third kappa shape index (κ3) is 5.23. The van der Waals surface area contributed by atoms with Gasteiger partial charge >= 0.3 is 0 Å². The smallest absolute Gasteiger partial charge is 0.185 e. The van der Waals surface area contributed by atoms with Crippen LogP contribution in [0, 0.1) is 12.3 Å². The highest BCUT2D eigenvalue weighted by Crippen LogP contribution is 2.44. The van der Waals surface area contributed by atoms with E-state index < -0.39 is 0 Å². The van der Waals surface area contributed by atoms with Crippen LogP contribution in [-0.4, -0.2) is 24.9 Å². The molecule has 2 aromatic rings. The van der Waals surface area contributed by atoms with Gasteiger partial charge in [0.05, 0.1) is 17.3 Å². The summed E-state index contributed by atoms with van der Waals surface area (Å²) in [6.45, 7) is 13.8. The molecule has 0 N–H and O–H groups in total. The largest absolute Gasteiger partial charge is 0.492 e. The zero-order chi connectivity index (χ0) is 21.8. The second kappa shape index (κ2) is 9.82. The molecule has 0 spiro atoms. The summed E-state index contributed by atoms with van der Waals surface area (Å²) in [6, 6.07) is 5.96. The monoisotopic (exact) mass is 419 g/mol. The summed E-state index contributed by atoms with van der Waals surface area (Å²) in [4.78, 5) is 12.3. The van der Waals surface area contributed by atoms with E-state index in [-0.39, 0.29) is 16.9 Å². The van der Waals surface area contributed by atoms with E-state index in [0.717, 1.165) is 29.7 Å². The molecule has 160 valence electrons. The first-order valence-electron chi connectivity index (χ1n) is 10.4. The minimum Gasteiger partial charge on any atom is -0.492 e. The molecule has 1 unspecified atom stereocenters. The highest BCUT2D eigenvalue weighted by atomic mass is 35.5. The summed E-state index contributed by atoms with van der Waals surface area (Å²) in [5.41, 5.74) is 3.98. The van der Waals surface area contributed by atoms with Crippen molar-refractivity contribution in [1.29, 1.82) is 0 Å². The Morgan fingerprint density at radius 3 is 2.48 bits per heavy atom. The highest BCUT2D eigenvalue weighted by Gasteiger charge is 2.33. The number of hydrogen-bond donors (Lipinski definition) is 0. The van der Waals surface area contributed by atoms with Crippen LogP contribution >= 0.6 is 11.6 Å². The second-order valence-electron chi connectivity index (χ2n) is 8.33. The fraction of sp³-hybridized carbons (Fsp3) is 0.542. The van der Waals surface area contributed by atoms with Crippen molar-refractivity contribution in [3.63, 3.8) is 0 Å². The predicted molar refractivity (Wildman–Crippen MR) is 121 cm³/mol. The maximum Gasteiger partial charge on any atom is 0.185 e. The zero-order valence-electron chi connectivity index (χ0n) is 18.8. The number of ether oxygens (including phenoxy) is 2. The van der Waals surface area contributed by atoms with Crippen LogP contribution in [0.1, 0.15) is 58.2 Å². The molecular weight excluding hydrogens is 386 g/mol. The number of aromatic nitrogens is 1. The number of nitrogens with zero attached hydrogens (tertiary/aromatic N) is 1. The SMILES string of the molecule is CC.COCCCOc1cc2c(cc1Cl)-c1cc(=O)c(C)cn1C(C(C)(C)C)C2. The zero-order valence-corrected chi connectivity index (χ0v) is 19.5. The Morgan fingerprint density at radius 2 is 1.86 bits per heavy atom. The molecule has 0 saturated heterocycles. The fourth-order valence-electron chi connectivity index (χ4n) is 3.66. The van der Waals surface area contributed by atoms with Crippen molar-refractivity contribution in [2.45, 2.75) is 60.4 Å². The molecule has 1 aromatic heterocycles. The van der Waals surface area contributed by atoms with E-state index >= 15 is 0 Å². The molecule has 0 fully saturated rings. The lowest BCUT2D eigenvalue weighted by atomic mass is 9.79. The minimum absolute atomic E-state index is 0.0487. The van der Waals surface area contributed by atoms with Crippen molar-refractivity contribution in [3.05, 3.63) is 50.8 Å². The molecule has 1 atom stereocenters. The maximum atomic E-state index is 12.3. The van der Waals surface area contributed by atoms with Crippen LogP contribution in [0.4, 0.5) is 0 Å². The maximum absolute atomic E-state index is 12.3. The molecule has 1 aliphatic rings. The normalized spacial score (nSPS) is 15.1. The van der Waals surface area contributed by atoms with Gasteiger partial charge in [0.15, 0.2) is 5.43 Å². The summed E-state index contributed by atoms with van der Waals surface area (Å²) in [5, 5.41) is 0.569. The van der Waals surface area contributed by atoms with Gasteiger partial charge in [-0.3, -0.25) is 4.79 Å². The molecule has 0 aliphatic carbocycles. The van der Waals surface area contributed by atoms with Crippen LogP contribution in [0.5, 0.6) is 5.75 Å². The Hall–Kier alpha value is -1.78. The van der Waals surface area contributed by atoms with E-state index in [1.165, 1.54) is 5.56 Å². The van der Waals surface area contributed by atoms with Crippen molar-refractivity contribution in [2.24, 2.45) is 5.41 Å². The van der Waals surface area contributed by atoms with Gasteiger partial charge in [-0.2, -0.15) is 0 Å². The van der Waals surface area contributed by atoms with Crippen LogP contribution in [0.15, 0.2) is 29.2 Å². The third-order valence-electron chi connectivity index (χ3n) is 5.20. The molecule has 4 nitrogen and oxygen atoms in total. The van der Waals surface area contributed by atoms with Gasteiger partial charge in [-0.15, -0.1) is 0 Å². The van der Waals surface area contributed by atoms with Crippen LogP contribution < -0.4 is 10.2 Å². The van der Waals surface area contributed by atoms with Crippen molar-refractivity contribution < 1.29 is 9.47 Å². The molecule has 1 aromatic carbocycles. The Labute approximate surface area is 179 Å². The van der Waals surface area contributed by atoms with Crippen molar-refractivity contribution >= 4 is 11.6 Å². The molecule has 0 amide bonds. The lowest BCUT2D eigenvalue weighted by molar-refractivity contribution is 0.172. The van der Waals surface area contributed by atoms with E-state index in [0.29, 0.717) is 24.0 Å². The number of rotatable bonds is 5. The van der Waals surface area contributed by atoms with E-state index in [2.05, 4.69) is 25.3 Å². The number of fused-ring (bicyclic) bond motifs is 3. The first kappa shape index (κ1) is 23.5. The third-order valence-corrected chi connectivity index (χ3v) is 5.50. The average Bonchev–Trinajstić information content (AvgIpc) is 2.67. The summed E-state index contributed by atoms with van der Waals surface area (Å²) >= 11 is 6.49. The lowest BCUT2D eigenvalue weighted by Crippen LogP contribution is -2.31. The lowest BCUT2D eigenvalue weighted by Gasteiger charge is -2.39. The average molecular weight is 420 g/mol. The van der Waals surface area contributed by atoms with Crippen molar-refractivity contribution in [2.75, 3.05) is 20.3 Å². The van der Waals surface area contributed by atoms with E-state index in [1.54, 1.807) is 13.2 Å². The van der Waals surface area contributed by atoms with Gasteiger partial charge in [-0.25, -0.2) is 0 Å². The van der Waals surface area contributed by atoms with Gasteiger partial charge in [0.25, 0.3) is 0 Å². The summed E-state index contributed by atoms with van der Waals surface area (Å²) in [5.74, 6) is 0.696. The number of methoxy groups -OCH3 is 1. The number of aryl methyl sites for hydroxylation is 1. The topological polar surface area (TPSA) is 40.5 Å². The molecule has 0 radical (unpaired) electrons. The predicted octanol–water partition coefficient (Wildman–Crippen LogP) is 6.06. The molecular formula is C24H34ClNO3. The van der Waals surface area contributed by atoms with Crippen LogP contribution in [0.3, 0.4) is 0 Å². The summed E-state index contributed by atoms with van der Waals surface area (Å²) in [7, 11) is 1.68. The van der Waals surface area contributed by atoms with Gasteiger partial charge in [0.2, 0.25) is 0 Å². The fourth-order valence-corrected chi connectivity index (χ4v) is 3.88. The van der Waals surface area contributed by atoms with E-state index in [9.17, 15) is 4.79 Å². The highest BCUT2D eigenvalue weighted by molar-refractivity contribution is 6.32. The van der Waals surface area contributed by atoms with Gasteiger partial charge < -0.3 is 14.0 Å². The Balaban J connectivity index is 0.00000145. The first-order valence-corrected chi connectivity index (χ1v) is 10.8. The second-order valence-corrected chi connectivity index (χ2v) is 8.74.